The van der Waals surface area contributed by atoms with Crippen molar-refractivity contribution in [3.05, 3.63) is 58.6 Å². The second-order valence-corrected chi connectivity index (χ2v) is 5.85. The summed E-state index contributed by atoms with van der Waals surface area (Å²) in [6.07, 6.45) is 1.81. The van der Waals surface area contributed by atoms with Crippen molar-refractivity contribution in [1.29, 1.82) is 0 Å². The van der Waals surface area contributed by atoms with Crippen molar-refractivity contribution in [2.75, 3.05) is 0 Å². The van der Waals surface area contributed by atoms with Gasteiger partial charge in [-0.3, -0.25) is 4.79 Å². The maximum absolute atomic E-state index is 11.9. The number of ketones is 1. The van der Waals surface area contributed by atoms with E-state index in [1.54, 1.807) is 0 Å². The van der Waals surface area contributed by atoms with Crippen LogP contribution in [0.5, 0.6) is 11.5 Å². The lowest BCUT2D eigenvalue weighted by atomic mass is 9.83. The minimum absolute atomic E-state index is 0.286. The molecule has 2 aromatic carbocycles. The summed E-state index contributed by atoms with van der Waals surface area (Å²) in [5, 5.41) is 0.687. The van der Waals surface area contributed by atoms with Gasteiger partial charge in [-0.05, 0) is 41.8 Å². The third-order valence-electron chi connectivity index (χ3n) is 4.09. The zero-order valence-electron chi connectivity index (χ0n) is 11.4. The molecule has 3 heteroatoms. The molecule has 0 fully saturated rings. The Labute approximate surface area is 128 Å². The van der Waals surface area contributed by atoms with Crippen molar-refractivity contribution < 1.29 is 9.53 Å². The minimum atomic E-state index is 0.286. The summed E-state index contributed by atoms with van der Waals surface area (Å²) in [7, 11) is 0. The second kappa shape index (κ2) is 4.74. The Hall–Kier alpha value is -2.06. The molecule has 0 bridgehead atoms. The molecule has 2 aliphatic rings. The molecule has 0 saturated carbocycles. The maximum atomic E-state index is 11.9. The van der Waals surface area contributed by atoms with Crippen molar-refractivity contribution >= 4 is 28.5 Å². The lowest BCUT2D eigenvalue weighted by Crippen LogP contribution is -2.08. The van der Waals surface area contributed by atoms with Gasteiger partial charge in [0.25, 0.3) is 0 Å². The van der Waals surface area contributed by atoms with Gasteiger partial charge in [0, 0.05) is 29.0 Å². The highest BCUT2D eigenvalue weighted by Crippen LogP contribution is 2.47. The number of carbonyl (C=O) groups excluding carboxylic acids is 1. The first-order chi connectivity index (χ1) is 10.2. The van der Waals surface area contributed by atoms with Gasteiger partial charge in [0.1, 0.15) is 17.3 Å². The number of allylic oxidation sites excluding steroid dienone is 2. The van der Waals surface area contributed by atoms with E-state index in [2.05, 4.69) is 0 Å². The number of fused-ring (bicyclic) bond motifs is 4. The van der Waals surface area contributed by atoms with Gasteiger partial charge in [0.15, 0.2) is 0 Å². The van der Waals surface area contributed by atoms with Crippen LogP contribution in [0.25, 0.3) is 11.1 Å². The number of hydrogen-bond acceptors (Lipinski definition) is 2. The number of Topliss-reactive ketones (excluding diaryl/α,β-unsaturated/α-hetero) is 1. The molecule has 0 amide bonds. The van der Waals surface area contributed by atoms with Gasteiger partial charge < -0.3 is 4.74 Å². The number of rotatable bonds is 0. The molecule has 1 heterocycles. The van der Waals surface area contributed by atoms with Crippen LogP contribution in [0.4, 0.5) is 0 Å². The zero-order valence-corrected chi connectivity index (χ0v) is 12.1. The Morgan fingerprint density at radius 3 is 2.62 bits per heavy atom. The van der Waals surface area contributed by atoms with Crippen LogP contribution in [0.15, 0.2) is 42.5 Å². The predicted molar refractivity (Wildman–Crippen MR) is 83.6 cm³/mol. The third kappa shape index (κ3) is 2.07. The van der Waals surface area contributed by atoms with Crippen LogP contribution in [0, 0.1) is 0 Å². The molecular weight excluding hydrogens is 284 g/mol. The second-order valence-electron chi connectivity index (χ2n) is 5.41. The van der Waals surface area contributed by atoms with Crippen LogP contribution in [0.3, 0.4) is 0 Å². The first-order valence-electron chi connectivity index (χ1n) is 7.03. The topological polar surface area (TPSA) is 26.3 Å². The lowest BCUT2D eigenvalue weighted by Gasteiger charge is -2.19. The SMILES string of the molecule is O=C1CCC2=C(C1)c1ccccc1Oc1ccc(Cl)cc12. The number of carbonyl (C=O) groups is 1. The molecule has 2 aromatic rings. The number of hydrogen-bond donors (Lipinski definition) is 0. The maximum Gasteiger partial charge on any atom is 0.137 e. The largest absolute Gasteiger partial charge is 0.456 e. The van der Waals surface area contributed by atoms with Crippen molar-refractivity contribution in [3.8, 4) is 11.5 Å². The van der Waals surface area contributed by atoms with Gasteiger partial charge in [-0.15, -0.1) is 0 Å². The Morgan fingerprint density at radius 1 is 0.905 bits per heavy atom. The molecule has 0 saturated heterocycles. The van der Waals surface area contributed by atoms with E-state index in [0.717, 1.165) is 34.6 Å². The Bertz CT molecular complexity index is 790. The monoisotopic (exact) mass is 296 g/mol. The molecule has 0 atom stereocenters. The average Bonchev–Trinajstić information content (AvgIpc) is 2.62. The molecule has 0 spiro atoms. The predicted octanol–water partition coefficient (Wildman–Crippen LogP) is 5.11. The highest BCUT2D eigenvalue weighted by Gasteiger charge is 2.27. The van der Waals surface area contributed by atoms with Gasteiger partial charge >= 0.3 is 0 Å². The van der Waals surface area contributed by atoms with E-state index in [9.17, 15) is 4.79 Å². The first kappa shape index (κ1) is 12.7. The summed E-state index contributed by atoms with van der Waals surface area (Å²) in [4.78, 5) is 11.9. The molecule has 21 heavy (non-hydrogen) atoms. The average molecular weight is 297 g/mol. The summed E-state index contributed by atoms with van der Waals surface area (Å²) in [5.41, 5.74) is 4.31. The Balaban J connectivity index is 2.04. The molecule has 0 unspecified atom stereocenters. The van der Waals surface area contributed by atoms with Gasteiger partial charge in [0.2, 0.25) is 0 Å². The smallest absolute Gasteiger partial charge is 0.137 e. The van der Waals surface area contributed by atoms with E-state index >= 15 is 0 Å². The number of ether oxygens (including phenoxy) is 1. The molecule has 104 valence electrons. The lowest BCUT2D eigenvalue weighted by molar-refractivity contribution is -0.118. The summed E-state index contributed by atoms with van der Waals surface area (Å²) in [6, 6.07) is 13.6. The quantitative estimate of drug-likeness (QED) is 0.675. The molecule has 2 nitrogen and oxygen atoms in total. The standard InChI is InChI=1S/C18H13ClO2/c19-11-5-8-18-16(9-11)13-7-6-12(20)10-15(13)14-3-1-2-4-17(14)21-18/h1-5,8-9H,6-7,10H2. The molecule has 1 aliphatic heterocycles. The van der Waals surface area contributed by atoms with Crippen LogP contribution in [0.2, 0.25) is 5.02 Å². The highest BCUT2D eigenvalue weighted by molar-refractivity contribution is 6.31. The molecule has 0 N–H and O–H groups in total. The van der Waals surface area contributed by atoms with Gasteiger partial charge in [-0.1, -0.05) is 29.8 Å². The summed E-state index contributed by atoms with van der Waals surface area (Å²) in [6.45, 7) is 0. The highest BCUT2D eigenvalue weighted by atomic mass is 35.5. The van der Waals surface area contributed by atoms with E-state index in [1.165, 1.54) is 5.57 Å². The molecule has 0 aromatic heterocycles. The fraction of sp³-hybridized carbons (Fsp3) is 0.167. The minimum Gasteiger partial charge on any atom is -0.456 e. The first-order valence-corrected chi connectivity index (χ1v) is 7.41. The molecule has 0 radical (unpaired) electrons. The van der Waals surface area contributed by atoms with Crippen LogP contribution in [0.1, 0.15) is 30.4 Å². The normalized spacial score (nSPS) is 16.5. The third-order valence-corrected chi connectivity index (χ3v) is 4.33. The summed E-state index contributed by atoms with van der Waals surface area (Å²) < 4.78 is 6.07. The van der Waals surface area contributed by atoms with E-state index in [0.29, 0.717) is 17.9 Å². The fourth-order valence-electron chi connectivity index (χ4n) is 3.11. The van der Waals surface area contributed by atoms with Gasteiger partial charge in [-0.2, -0.15) is 0 Å². The van der Waals surface area contributed by atoms with E-state index < -0.39 is 0 Å². The molecule has 1 aliphatic carbocycles. The Kier molecular flexibility index (Phi) is 2.86. The van der Waals surface area contributed by atoms with Crippen LogP contribution in [-0.4, -0.2) is 5.78 Å². The van der Waals surface area contributed by atoms with Crippen molar-refractivity contribution in [1.82, 2.24) is 0 Å². The van der Waals surface area contributed by atoms with Gasteiger partial charge in [0.05, 0.1) is 0 Å². The van der Waals surface area contributed by atoms with E-state index in [4.69, 9.17) is 16.3 Å². The van der Waals surface area contributed by atoms with Gasteiger partial charge in [-0.25, -0.2) is 0 Å². The van der Waals surface area contributed by atoms with Crippen LogP contribution >= 0.6 is 11.6 Å². The van der Waals surface area contributed by atoms with Crippen molar-refractivity contribution in [2.24, 2.45) is 0 Å². The zero-order chi connectivity index (χ0) is 14.4. The molecular formula is C18H13ClO2. The summed E-state index contributed by atoms with van der Waals surface area (Å²) >= 11 is 6.16. The fourth-order valence-corrected chi connectivity index (χ4v) is 3.29. The summed E-state index contributed by atoms with van der Waals surface area (Å²) in [5.74, 6) is 1.90. The van der Waals surface area contributed by atoms with Crippen molar-refractivity contribution in [2.45, 2.75) is 19.3 Å². The number of halogens is 1. The van der Waals surface area contributed by atoms with Crippen molar-refractivity contribution in [3.63, 3.8) is 0 Å². The number of para-hydroxylation sites is 1. The van der Waals surface area contributed by atoms with Crippen LogP contribution in [-0.2, 0) is 4.79 Å². The van der Waals surface area contributed by atoms with E-state index in [-0.39, 0.29) is 5.78 Å². The van der Waals surface area contributed by atoms with Crippen LogP contribution < -0.4 is 4.74 Å². The molecule has 4 rings (SSSR count). The number of benzene rings is 2. The van der Waals surface area contributed by atoms with E-state index in [1.807, 2.05) is 42.5 Å². The Morgan fingerprint density at radius 2 is 1.71 bits per heavy atom.